The summed E-state index contributed by atoms with van der Waals surface area (Å²) in [6, 6.07) is 39.1. The lowest BCUT2D eigenvalue weighted by Gasteiger charge is -2.26. The molecule has 2 aromatic heterocycles. The van der Waals surface area contributed by atoms with Crippen LogP contribution in [0.5, 0.6) is 0 Å². The summed E-state index contributed by atoms with van der Waals surface area (Å²) in [7, 11) is 0. The van der Waals surface area contributed by atoms with E-state index in [4.69, 9.17) is 24.3 Å². The zero-order valence-corrected chi connectivity index (χ0v) is 27.9. The van der Waals surface area contributed by atoms with Crippen LogP contribution in [0.4, 0.5) is 0 Å². The minimum atomic E-state index is -0.363. The molecule has 0 radical (unpaired) electrons. The highest BCUT2D eigenvalue weighted by Gasteiger charge is 2.40. The van der Waals surface area contributed by atoms with Gasteiger partial charge in [0.25, 0.3) is 0 Å². The minimum Gasteiger partial charge on any atom is -0.484 e. The van der Waals surface area contributed by atoms with Crippen LogP contribution in [-0.2, 0) is 4.74 Å². The van der Waals surface area contributed by atoms with Crippen molar-refractivity contribution in [1.29, 1.82) is 0 Å². The normalized spacial score (nSPS) is 19.3. The molecule has 51 heavy (non-hydrogen) atoms. The lowest BCUT2D eigenvalue weighted by molar-refractivity contribution is 0.162. The Morgan fingerprint density at radius 1 is 0.765 bits per heavy atom. The number of nitrogens with one attached hydrogen (secondary N) is 1. The number of nitrogens with two attached hydrogens (primary N) is 1. The van der Waals surface area contributed by atoms with E-state index in [1.54, 1.807) is 0 Å². The van der Waals surface area contributed by atoms with Crippen LogP contribution in [0.2, 0.25) is 0 Å². The monoisotopic (exact) mass is 665 g/mol. The standard InChI is InChI=1S/C45H35N3O3/c46-44(29-21-23-35-33-14-5-7-19-39(33)50-41(35)25-29)48-45(27-10-2-1-3-11-27)47-26-30-12-8-16-36-37-17-9-15-31(43(37)51-42(30)36)28-20-22-34-32-13-4-6-18-38(32)49-40(34)24-28/h1-8,10-16,18-25,36,42,45,47H,9,17,26H2,(H2,46,48). The van der Waals surface area contributed by atoms with Gasteiger partial charge in [-0.15, -0.1) is 0 Å². The number of rotatable bonds is 7. The second kappa shape index (κ2) is 12.0. The van der Waals surface area contributed by atoms with E-state index in [0.29, 0.717) is 12.4 Å². The summed E-state index contributed by atoms with van der Waals surface area (Å²) in [4.78, 5) is 5.04. The van der Waals surface area contributed by atoms with Crippen LogP contribution in [-0.4, -0.2) is 18.5 Å². The molecule has 3 unspecified atom stereocenters. The van der Waals surface area contributed by atoms with E-state index in [0.717, 1.165) is 84.7 Å². The number of hydrogen-bond donors (Lipinski definition) is 2. The Hall–Kier alpha value is -6.11. The maximum Gasteiger partial charge on any atom is 0.136 e. The number of furan rings is 2. The van der Waals surface area contributed by atoms with Crippen molar-refractivity contribution < 1.29 is 13.6 Å². The van der Waals surface area contributed by atoms with Crippen LogP contribution in [0, 0.1) is 5.92 Å². The molecule has 2 aliphatic carbocycles. The molecular formula is C45H35N3O3. The second-order valence-electron chi connectivity index (χ2n) is 13.5. The van der Waals surface area contributed by atoms with Crippen LogP contribution in [0.3, 0.4) is 0 Å². The van der Waals surface area contributed by atoms with Gasteiger partial charge in [0, 0.05) is 45.1 Å². The van der Waals surface area contributed by atoms with E-state index in [2.05, 4.69) is 84.2 Å². The van der Waals surface area contributed by atoms with Crippen molar-refractivity contribution in [3.63, 3.8) is 0 Å². The molecule has 6 heteroatoms. The topological polar surface area (TPSA) is 85.9 Å². The van der Waals surface area contributed by atoms with Gasteiger partial charge in [-0.05, 0) is 71.5 Å². The van der Waals surface area contributed by atoms with Gasteiger partial charge in [0.2, 0.25) is 0 Å². The number of nitrogens with zero attached hydrogens (tertiary/aromatic N) is 1. The summed E-state index contributed by atoms with van der Waals surface area (Å²) in [6.45, 7) is 0.592. The Kier molecular flexibility index (Phi) is 7.03. The number of aliphatic imine (C=N–C) groups is 1. The third-order valence-electron chi connectivity index (χ3n) is 10.5. The fraction of sp³-hybridized carbons (Fsp3) is 0.133. The fourth-order valence-corrected chi connectivity index (χ4v) is 8.00. The van der Waals surface area contributed by atoms with Gasteiger partial charge in [-0.2, -0.15) is 0 Å². The van der Waals surface area contributed by atoms with Gasteiger partial charge in [0.15, 0.2) is 0 Å². The molecule has 3 atom stereocenters. The number of allylic oxidation sites excluding steroid dienone is 4. The van der Waals surface area contributed by atoms with Gasteiger partial charge in [-0.3, -0.25) is 5.32 Å². The Bertz CT molecular complexity index is 2650. The number of fused-ring (bicyclic) bond motifs is 8. The average molecular weight is 666 g/mol. The summed E-state index contributed by atoms with van der Waals surface area (Å²) in [6.07, 6.45) is 10.5. The Morgan fingerprint density at radius 3 is 2.24 bits per heavy atom. The summed E-state index contributed by atoms with van der Waals surface area (Å²) >= 11 is 0. The van der Waals surface area contributed by atoms with Crippen molar-refractivity contribution in [2.45, 2.75) is 25.1 Å². The van der Waals surface area contributed by atoms with Crippen LogP contribution < -0.4 is 11.1 Å². The number of ether oxygens (including phenoxy) is 1. The molecule has 5 aromatic carbocycles. The smallest absolute Gasteiger partial charge is 0.136 e. The summed E-state index contributed by atoms with van der Waals surface area (Å²) in [5.74, 6) is 1.64. The van der Waals surface area contributed by atoms with Crippen molar-refractivity contribution in [2.75, 3.05) is 6.54 Å². The van der Waals surface area contributed by atoms with Gasteiger partial charge < -0.3 is 19.3 Å². The Balaban J connectivity index is 0.913. The van der Waals surface area contributed by atoms with E-state index in [9.17, 15) is 0 Å². The Morgan fingerprint density at radius 2 is 1.45 bits per heavy atom. The van der Waals surface area contributed by atoms with Crippen LogP contribution >= 0.6 is 0 Å². The van der Waals surface area contributed by atoms with Gasteiger partial charge in [0.1, 0.15) is 46.2 Å². The first-order valence-electron chi connectivity index (χ1n) is 17.6. The molecule has 10 rings (SSSR count). The zero-order chi connectivity index (χ0) is 33.9. The van der Waals surface area contributed by atoms with Crippen molar-refractivity contribution in [3.05, 3.63) is 173 Å². The van der Waals surface area contributed by atoms with Crippen LogP contribution in [0.1, 0.15) is 35.7 Å². The lowest BCUT2D eigenvalue weighted by atomic mass is 9.82. The van der Waals surface area contributed by atoms with Gasteiger partial charge in [-0.1, -0.05) is 103 Å². The zero-order valence-electron chi connectivity index (χ0n) is 27.9. The van der Waals surface area contributed by atoms with E-state index in [-0.39, 0.29) is 18.2 Å². The molecule has 6 nitrogen and oxygen atoms in total. The highest BCUT2D eigenvalue weighted by Crippen LogP contribution is 2.48. The predicted octanol–water partition coefficient (Wildman–Crippen LogP) is 10.1. The quantitative estimate of drug-likeness (QED) is 0.131. The predicted molar refractivity (Wildman–Crippen MR) is 205 cm³/mol. The molecule has 1 aliphatic heterocycles. The molecule has 0 saturated carbocycles. The molecule has 3 heterocycles. The third kappa shape index (κ3) is 5.10. The van der Waals surface area contributed by atoms with Gasteiger partial charge in [-0.25, -0.2) is 4.99 Å². The van der Waals surface area contributed by atoms with Crippen molar-refractivity contribution in [3.8, 4) is 0 Å². The van der Waals surface area contributed by atoms with E-state index in [1.165, 1.54) is 11.1 Å². The van der Waals surface area contributed by atoms with Crippen molar-refractivity contribution in [1.82, 2.24) is 5.32 Å². The molecule has 0 saturated heterocycles. The van der Waals surface area contributed by atoms with Gasteiger partial charge in [0.05, 0.1) is 0 Å². The molecule has 0 amide bonds. The number of amidine groups is 1. The van der Waals surface area contributed by atoms with Crippen LogP contribution in [0.15, 0.2) is 170 Å². The maximum atomic E-state index is 6.92. The first-order chi connectivity index (χ1) is 25.2. The SMILES string of the molecule is N/C(=N\C(NCC1=CC=CC2C3=C(OC12)C(c1ccc2c(c1)oc1ccccc12)=CCC3)c1ccccc1)c1ccc2c(c1)oc1ccccc12. The van der Waals surface area contributed by atoms with E-state index in [1.807, 2.05) is 60.7 Å². The summed E-state index contributed by atoms with van der Waals surface area (Å²) in [5, 5.41) is 8.14. The van der Waals surface area contributed by atoms with Crippen LogP contribution in [0.25, 0.3) is 49.5 Å². The summed E-state index contributed by atoms with van der Waals surface area (Å²) in [5.41, 5.74) is 16.8. The number of para-hydroxylation sites is 2. The lowest BCUT2D eigenvalue weighted by Crippen LogP contribution is -2.32. The van der Waals surface area contributed by atoms with Crippen molar-refractivity contribution in [2.24, 2.45) is 16.6 Å². The van der Waals surface area contributed by atoms with E-state index >= 15 is 0 Å². The third-order valence-corrected chi connectivity index (χ3v) is 10.5. The molecule has 0 spiro atoms. The molecule has 3 aliphatic rings. The number of benzene rings is 5. The average Bonchev–Trinajstić information content (AvgIpc) is 3.87. The summed E-state index contributed by atoms with van der Waals surface area (Å²) < 4.78 is 19.3. The highest BCUT2D eigenvalue weighted by atomic mass is 16.5. The molecule has 7 aromatic rings. The number of hydrogen-bond acceptors (Lipinski definition) is 5. The van der Waals surface area contributed by atoms with E-state index < -0.39 is 0 Å². The largest absolute Gasteiger partial charge is 0.484 e. The highest BCUT2D eigenvalue weighted by molar-refractivity contribution is 6.08. The first-order valence-corrected chi connectivity index (χ1v) is 17.6. The fourth-order valence-electron chi connectivity index (χ4n) is 8.00. The molecule has 248 valence electrons. The first kappa shape index (κ1) is 29.8. The molecule has 0 bridgehead atoms. The minimum absolute atomic E-state index is 0.0860. The van der Waals surface area contributed by atoms with Crippen molar-refractivity contribution >= 4 is 55.3 Å². The molecular weight excluding hydrogens is 631 g/mol. The maximum absolute atomic E-state index is 6.92. The molecule has 0 fully saturated rings. The second-order valence-corrected chi connectivity index (χ2v) is 13.5. The van der Waals surface area contributed by atoms with Gasteiger partial charge >= 0.3 is 0 Å². The molecule has 3 N–H and O–H groups in total. The Labute approximate surface area is 294 Å².